The van der Waals surface area contributed by atoms with Crippen LogP contribution in [0.1, 0.15) is 5.56 Å². The van der Waals surface area contributed by atoms with Crippen molar-refractivity contribution in [2.24, 2.45) is 0 Å². The first-order valence-electron chi connectivity index (χ1n) is 7.11. The second-order valence-corrected chi connectivity index (χ2v) is 4.94. The molecule has 1 aliphatic rings. The van der Waals surface area contributed by atoms with E-state index in [1.165, 1.54) is 0 Å². The van der Waals surface area contributed by atoms with Crippen molar-refractivity contribution in [3.05, 3.63) is 60.2 Å². The molecule has 1 N–H and O–H groups in total. The van der Waals surface area contributed by atoms with Gasteiger partial charge in [0.2, 0.25) is 5.91 Å². The molecule has 0 saturated heterocycles. The third-order valence-corrected chi connectivity index (χ3v) is 3.50. The van der Waals surface area contributed by atoms with Crippen molar-refractivity contribution in [3.63, 3.8) is 0 Å². The lowest BCUT2D eigenvalue weighted by molar-refractivity contribution is -0.117. The smallest absolute Gasteiger partial charge is 0.241 e. The Kier molecular flexibility index (Phi) is 4.17. The predicted molar refractivity (Wildman–Crippen MR) is 82.4 cm³/mol. The van der Waals surface area contributed by atoms with Crippen molar-refractivity contribution in [2.75, 3.05) is 24.6 Å². The van der Waals surface area contributed by atoms with E-state index in [0.29, 0.717) is 19.7 Å². The van der Waals surface area contributed by atoms with Gasteiger partial charge in [0.05, 0.1) is 13.1 Å². The molecule has 0 atom stereocenters. The first kappa shape index (κ1) is 13.6. The highest BCUT2D eigenvalue weighted by molar-refractivity contribution is 5.96. The summed E-state index contributed by atoms with van der Waals surface area (Å²) in [4.78, 5) is 14.0. The first-order valence-corrected chi connectivity index (χ1v) is 7.11. The number of carbonyl (C=O) groups is 1. The standard InChI is InChI=1S/C17H18N2O2/c20-17-13-18-12-14-6-4-5-9-16(14)19(17)10-11-21-15-7-2-1-3-8-15/h1-9,18H,10-13H2. The van der Waals surface area contributed by atoms with E-state index < -0.39 is 0 Å². The van der Waals surface area contributed by atoms with Gasteiger partial charge in [0.25, 0.3) is 0 Å². The van der Waals surface area contributed by atoms with E-state index in [1.54, 1.807) is 4.90 Å². The van der Waals surface area contributed by atoms with Gasteiger partial charge in [-0.25, -0.2) is 0 Å². The number of amides is 1. The van der Waals surface area contributed by atoms with Crippen LogP contribution in [0.2, 0.25) is 0 Å². The molecule has 1 heterocycles. The molecule has 1 amide bonds. The number of fused-ring (bicyclic) bond motifs is 1. The van der Waals surface area contributed by atoms with Gasteiger partial charge in [-0.3, -0.25) is 4.79 Å². The molecular formula is C17H18N2O2. The minimum absolute atomic E-state index is 0.0802. The van der Waals surface area contributed by atoms with Crippen molar-refractivity contribution in [3.8, 4) is 5.75 Å². The van der Waals surface area contributed by atoms with E-state index in [9.17, 15) is 4.79 Å². The number of hydrogen-bond acceptors (Lipinski definition) is 3. The van der Waals surface area contributed by atoms with Crippen LogP contribution in [-0.2, 0) is 11.3 Å². The number of nitrogens with one attached hydrogen (secondary N) is 1. The van der Waals surface area contributed by atoms with E-state index in [-0.39, 0.29) is 5.91 Å². The lowest BCUT2D eigenvalue weighted by Gasteiger charge is -2.22. The minimum Gasteiger partial charge on any atom is -0.492 e. The number of hydrogen-bond donors (Lipinski definition) is 1. The van der Waals surface area contributed by atoms with Gasteiger partial charge in [0, 0.05) is 12.2 Å². The number of carbonyl (C=O) groups excluding carboxylic acids is 1. The molecule has 2 aromatic carbocycles. The lowest BCUT2D eigenvalue weighted by Crippen LogP contribution is -2.38. The van der Waals surface area contributed by atoms with Gasteiger partial charge in [-0.15, -0.1) is 0 Å². The topological polar surface area (TPSA) is 41.6 Å². The molecule has 0 aromatic heterocycles. The molecule has 0 unspecified atom stereocenters. The van der Waals surface area contributed by atoms with Crippen LogP contribution >= 0.6 is 0 Å². The minimum atomic E-state index is 0.0802. The second kappa shape index (κ2) is 6.41. The van der Waals surface area contributed by atoms with Crippen LogP contribution in [0, 0.1) is 0 Å². The quantitative estimate of drug-likeness (QED) is 0.934. The van der Waals surface area contributed by atoms with E-state index >= 15 is 0 Å². The van der Waals surface area contributed by atoms with Crippen LogP contribution < -0.4 is 15.0 Å². The Labute approximate surface area is 124 Å². The van der Waals surface area contributed by atoms with E-state index in [4.69, 9.17) is 4.74 Å². The van der Waals surface area contributed by atoms with Gasteiger partial charge in [0.1, 0.15) is 12.4 Å². The van der Waals surface area contributed by atoms with Crippen LogP contribution in [-0.4, -0.2) is 25.6 Å². The largest absolute Gasteiger partial charge is 0.492 e. The maximum atomic E-state index is 12.2. The summed E-state index contributed by atoms with van der Waals surface area (Å²) in [5.41, 5.74) is 2.12. The summed E-state index contributed by atoms with van der Waals surface area (Å²) in [6, 6.07) is 17.6. The molecule has 1 aliphatic heterocycles. The second-order valence-electron chi connectivity index (χ2n) is 4.94. The van der Waals surface area contributed by atoms with E-state index in [0.717, 1.165) is 23.5 Å². The summed E-state index contributed by atoms with van der Waals surface area (Å²) in [6.45, 7) is 2.11. The summed E-state index contributed by atoms with van der Waals surface area (Å²) in [7, 11) is 0. The summed E-state index contributed by atoms with van der Waals surface area (Å²) in [5, 5.41) is 3.16. The number of ether oxygens (including phenoxy) is 1. The molecule has 0 aliphatic carbocycles. The Balaban J connectivity index is 1.70. The van der Waals surface area contributed by atoms with Crippen LogP contribution in [0.25, 0.3) is 0 Å². The maximum absolute atomic E-state index is 12.2. The maximum Gasteiger partial charge on any atom is 0.241 e. The number of rotatable bonds is 4. The lowest BCUT2D eigenvalue weighted by atomic mass is 10.1. The Morgan fingerprint density at radius 2 is 1.76 bits per heavy atom. The molecule has 0 radical (unpaired) electrons. The first-order chi connectivity index (χ1) is 10.3. The molecule has 3 rings (SSSR count). The van der Waals surface area contributed by atoms with Gasteiger partial charge in [-0.2, -0.15) is 0 Å². The molecule has 0 spiro atoms. The number of anilines is 1. The highest BCUT2D eigenvalue weighted by atomic mass is 16.5. The molecule has 0 saturated carbocycles. The van der Waals surface area contributed by atoms with Gasteiger partial charge in [-0.05, 0) is 23.8 Å². The highest BCUT2D eigenvalue weighted by Crippen LogP contribution is 2.22. The van der Waals surface area contributed by atoms with Gasteiger partial charge < -0.3 is 15.0 Å². The van der Waals surface area contributed by atoms with Crippen LogP contribution in [0.4, 0.5) is 5.69 Å². The fourth-order valence-electron chi connectivity index (χ4n) is 2.47. The summed E-state index contributed by atoms with van der Waals surface area (Å²) < 4.78 is 5.70. The number of benzene rings is 2. The van der Waals surface area contributed by atoms with E-state index in [1.807, 2.05) is 54.6 Å². The normalized spacial score (nSPS) is 14.5. The third-order valence-electron chi connectivity index (χ3n) is 3.50. The highest BCUT2D eigenvalue weighted by Gasteiger charge is 2.21. The SMILES string of the molecule is O=C1CNCc2ccccc2N1CCOc1ccccc1. The molecule has 0 fully saturated rings. The van der Waals surface area contributed by atoms with Gasteiger partial charge >= 0.3 is 0 Å². The van der Waals surface area contributed by atoms with Crippen LogP contribution in [0.3, 0.4) is 0 Å². The van der Waals surface area contributed by atoms with Gasteiger partial charge in [-0.1, -0.05) is 36.4 Å². The Hall–Kier alpha value is -2.33. The van der Waals surface area contributed by atoms with Crippen molar-refractivity contribution < 1.29 is 9.53 Å². The molecular weight excluding hydrogens is 264 g/mol. The van der Waals surface area contributed by atoms with E-state index in [2.05, 4.69) is 5.32 Å². The Bertz CT molecular complexity index is 613. The molecule has 0 bridgehead atoms. The van der Waals surface area contributed by atoms with Crippen molar-refractivity contribution in [1.29, 1.82) is 0 Å². The summed E-state index contributed by atoms with van der Waals surface area (Å²) in [6.07, 6.45) is 0. The Morgan fingerprint density at radius 1 is 1.00 bits per heavy atom. The zero-order chi connectivity index (χ0) is 14.5. The zero-order valence-corrected chi connectivity index (χ0v) is 11.8. The van der Waals surface area contributed by atoms with Gasteiger partial charge in [0.15, 0.2) is 0 Å². The third kappa shape index (κ3) is 3.23. The molecule has 108 valence electrons. The van der Waals surface area contributed by atoms with Crippen molar-refractivity contribution in [2.45, 2.75) is 6.54 Å². The fourth-order valence-corrected chi connectivity index (χ4v) is 2.47. The average Bonchev–Trinajstić information content (AvgIpc) is 2.68. The number of para-hydroxylation sites is 2. The monoisotopic (exact) mass is 282 g/mol. The molecule has 4 nitrogen and oxygen atoms in total. The molecule has 21 heavy (non-hydrogen) atoms. The summed E-state index contributed by atoms with van der Waals surface area (Å²) in [5.74, 6) is 0.905. The fraction of sp³-hybridized carbons (Fsp3) is 0.235. The predicted octanol–water partition coefficient (Wildman–Crippen LogP) is 2.20. The zero-order valence-electron chi connectivity index (χ0n) is 11.8. The Morgan fingerprint density at radius 3 is 2.62 bits per heavy atom. The molecule has 2 aromatic rings. The van der Waals surface area contributed by atoms with Crippen molar-refractivity contribution in [1.82, 2.24) is 5.32 Å². The van der Waals surface area contributed by atoms with Crippen LogP contribution in [0.15, 0.2) is 54.6 Å². The number of nitrogens with zero attached hydrogens (tertiary/aromatic N) is 1. The average molecular weight is 282 g/mol. The molecule has 4 heteroatoms. The van der Waals surface area contributed by atoms with Crippen molar-refractivity contribution >= 4 is 11.6 Å². The summed E-state index contributed by atoms with van der Waals surface area (Å²) >= 11 is 0. The van der Waals surface area contributed by atoms with Crippen LogP contribution in [0.5, 0.6) is 5.75 Å².